The summed E-state index contributed by atoms with van der Waals surface area (Å²) in [5, 5.41) is 0. The van der Waals surface area contributed by atoms with Crippen molar-refractivity contribution in [3.8, 4) is 0 Å². The standard InChI is InChI=1S/C33H65ClO13/c34-8-4-1-2-5-9-35-11-12-36-13-14-37-15-16-38-17-18-39-19-20-40-21-22-41-23-24-42-25-26-43-27-28-44-29-30-45-31-32-47-33-7-3-6-10-46-33/h33H,1-32H2. The third-order valence-corrected chi connectivity index (χ3v) is 6.83. The Bertz CT molecular complexity index is 577. The number of ether oxygens (including phenoxy) is 13. The van der Waals surface area contributed by atoms with Crippen LogP contribution < -0.4 is 0 Å². The lowest BCUT2D eigenvalue weighted by atomic mass is 10.2. The number of halogens is 1. The molecule has 282 valence electrons. The molecule has 1 aliphatic rings. The van der Waals surface area contributed by atoms with Gasteiger partial charge in [-0.1, -0.05) is 12.8 Å². The van der Waals surface area contributed by atoms with E-state index in [9.17, 15) is 0 Å². The van der Waals surface area contributed by atoms with Crippen molar-refractivity contribution in [1.29, 1.82) is 0 Å². The minimum Gasteiger partial charge on any atom is -0.379 e. The second-order valence-electron chi connectivity index (χ2n) is 10.5. The Morgan fingerprint density at radius 1 is 0.362 bits per heavy atom. The van der Waals surface area contributed by atoms with E-state index in [4.69, 9.17) is 73.2 Å². The van der Waals surface area contributed by atoms with Crippen LogP contribution >= 0.6 is 11.6 Å². The van der Waals surface area contributed by atoms with Crippen molar-refractivity contribution in [2.24, 2.45) is 0 Å². The smallest absolute Gasteiger partial charge is 0.157 e. The van der Waals surface area contributed by atoms with Crippen LogP contribution in [-0.2, 0) is 61.6 Å². The van der Waals surface area contributed by atoms with Crippen LogP contribution in [-0.4, -0.2) is 171 Å². The van der Waals surface area contributed by atoms with Crippen LogP contribution in [0.3, 0.4) is 0 Å². The normalized spacial score (nSPS) is 15.1. The van der Waals surface area contributed by atoms with Crippen LogP contribution in [0.2, 0.25) is 0 Å². The van der Waals surface area contributed by atoms with E-state index in [1.54, 1.807) is 0 Å². The van der Waals surface area contributed by atoms with Crippen molar-refractivity contribution in [2.75, 3.05) is 164 Å². The molecule has 0 aromatic carbocycles. The summed E-state index contributed by atoms with van der Waals surface area (Å²) >= 11 is 5.65. The topological polar surface area (TPSA) is 120 Å². The van der Waals surface area contributed by atoms with Gasteiger partial charge in [-0.05, 0) is 32.1 Å². The fourth-order valence-electron chi connectivity index (χ4n) is 4.03. The van der Waals surface area contributed by atoms with E-state index >= 15 is 0 Å². The number of hydrogen-bond donors (Lipinski definition) is 0. The molecule has 0 spiro atoms. The van der Waals surface area contributed by atoms with Crippen molar-refractivity contribution in [2.45, 2.75) is 51.2 Å². The van der Waals surface area contributed by atoms with Crippen LogP contribution in [0.1, 0.15) is 44.9 Å². The Morgan fingerprint density at radius 3 is 1.00 bits per heavy atom. The van der Waals surface area contributed by atoms with E-state index in [-0.39, 0.29) is 6.29 Å². The number of hydrogen-bond acceptors (Lipinski definition) is 13. The Hall–Kier alpha value is -0.230. The minimum atomic E-state index is -0.0651. The second-order valence-corrected chi connectivity index (χ2v) is 10.9. The summed E-state index contributed by atoms with van der Waals surface area (Å²) in [6, 6.07) is 0. The first-order chi connectivity index (χ1) is 23.4. The Labute approximate surface area is 288 Å². The molecule has 1 saturated heterocycles. The highest BCUT2D eigenvalue weighted by Crippen LogP contribution is 2.13. The van der Waals surface area contributed by atoms with Crippen LogP contribution in [0.4, 0.5) is 0 Å². The molecule has 0 aromatic heterocycles. The van der Waals surface area contributed by atoms with Gasteiger partial charge in [0, 0.05) is 19.1 Å². The molecule has 0 aliphatic carbocycles. The molecule has 1 fully saturated rings. The molecule has 1 aliphatic heterocycles. The zero-order chi connectivity index (χ0) is 33.4. The first-order valence-electron chi connectivity index (χ1n) is 17.6. The maximum Gasteiger partial charge on any atom is 0.157 e. The lowest BCUT2D eigenvalue weighted by molar-refractivity contribution is -0.169. The fourth-order valence-corrected chi connectivity index (χ4v) is 4.22. The third kappa shape index (κ3) is 36.9. The van der Waals surface area contributed by atoms with Crippen LogP contribution in [0, 0.1) is 0 Å². The first-order valence-corrected chi connectivity index (χ1v) is 18.1. The van der Waals surface area contributed by atoms with E-state index < -0.39 is 0 Å². The van der Waals surface area contributed by atoms with Gasteiger partial charge >= 0.3 is 0 Å². The van der Waals surface area contributed by atoms with E-state index in [0.717, 1.165) is 44.8 Å². The highest BCUT2D eigenvalue weighted by molar-refractivity contribution is 6.17. The highest BCUT2D eigenvalue weighted by Gasteiger charge is 2.13. The lowest BCUT2D eigenvalue weighted by Crippen LogP contribution is -2.24. The maximum atomic E-state index is 5.65. The monoisotopic (exact) mass is 704 g/mol. The van der Waals surface area contributed by atoms with Crippen LogP contribution in [0.5, 0.6) is 0 Å². The minimum absolute atomic E-state index is 0.0651. The summed E-state index contributed by atoms with van der Waals surface area (Å²) < 4.78 is 71.5. The van der Waals surface area contributed by atoms with E-state index in [2.05, 4.69) is 0 Å². The van der Waals surface area contributed by atoms with Gasteiger partial charge < -0.3 is 61.6 Å². The molecule has 1 rings (SSSR count). The second kappa shape index (κ2) is 40.2. The zero-order valence-corrected chi connectivity index (χ0v) is 29.6. The molecular formula is C33H65ClO13. The molecular weight excluding hydrogens is 640 g/mol. The van der Waals surface area contributed by atoms with Gasteiger partial charge in [-0.25, -0.2) is 0 Å². The maximum absolute atomic E-state index is 5.65. The van der Waals surface area contributed by atoms with Crippen LogP contribution in [0.25, 0.3) is 0 Å². The Morgan fingerprint density at radius 2 is 0.681 bits per heavy atom. The first kappa shape index (κ1) is 44.8. The summed E-state index contributed by atoms with van der Waals surface area (Å²) in [4.78, 5) is 0. The van der Waals surface area contributed by atoms with Crippen molar-refractivity contribution >= 4 is 11.6 Å². The molecule has 1 unspecified atom stereocenters. The summed E-state index contributed by atoms with van der Waals surface area (Å²) in [6.45, 7) is 13.3. The molecule has 0 bridgehead atoms. The van der Waals surface area contributed by atoms with Gasteiger partial charge in [0.15, 0.2) is 6.29 Å². The predicted molar refractivity (Wildman–Crippen MR) is 178 cm³/mol. The third-order valence-electron chi connectivity index (χ3n) is 6.56. The van der Waals surface area contributed by atoms with Gasteiger partial charge in [0.2, 0.25) is 0 Å². The molecule has 0 saturated carbocycles. The van der Waals surface area contributed by atoms with Crippen molar-refractivity contribution in [1.82, 2.24) is 0 Å². The summed E-state index contributed by atoms with van der Waals surface area (Å²) in [6.07, 6.45) is 7.69. The van der Waals surface area contributed by atoms with Gasteiger partial charge in [0.25, 0.3) is 0 Å². The van der Waals surface area contributed by atoms with Gasteiger partial charge in [-0.15, -0.1) is 11.6 Å². The highest BCUT2D eigenvalue weighted by atomic mass is 35.5. The number of unbranched alkanes of at least 4 members (excludes halogenated alkanes) is 3. The molecule has 14 heteroatoms. The fraction of sp³-hybridized carbons (Fsp3) is 1.00. The lowest BCUT2D eigenvalue weighted by Gasteiger charge is -2.22. The molecule has 1 atom stereocenters. The average Bonchev–Trinajstić information content (AvgIpc) is 3.09. The molecule has 13 nitrogen and oxygen atoms in total. The molecule has 0 radical (unpaired) electrons. The SMILES string of the molecule is ClCCCCCCOCCOCCOCCOCCOCCOCCOCCOCCOCCOCCOCCOC1CCCCO1. The Balaban J connectivity index is 1.59. The van der Waals surface area contributed by atoms with Gasteiger partial charge in [-0.2, -0.15) is 0 Å². The summed E-state index contributed by atoms with van der Waals surface area (Å²) in [5.74, 6) is 0.744. The Kier molecular flexibility index (Phi) is 38.3. The quantitative estimate of drug-likeness (QED) is 0.0684. The number of alkyl halides is 1. The molecule has 47 heavy (non-hydrogen) atoms. The molecule has 0 N–H and O–H groups in total. The molecule has 1 heterocycles. The molecule has 0 amide bonds. The van der Waals surface area contributed by atoms with Crippen molar-refractivity contribution < 1.29 is 61.6 Å². The van der Waals surface area contributed by atoms with Crippen LogP contribution in [0.15, 0.2) is 0 Å². The average molecular weight is 705 g/mol. The summed E-state index contributed by atoms with van der Waals surface area (Å²) in [7, 11) is 0. The number of rotatable bonds is 40. The van der Waals surface area contributed by atoms with E-state index in [1.807, 2.05) is 0 Å². The summed E-state index contributed by atoms with van der Waals surface area (Å²) in [5.41, 5.74) is 0. The largest absolute Gasteiger partial charge is 0.379 e. The van der Waals surface area contributed by atoms with Crippen molar-refractivity contribution in [3.63, 3.8) is 0 Å². The van der Waals surface area contributed by atoms with E-state index in [0.29, 0.717) is 145 Å². The predicted octanol–water partition coefficient (Wildman–Crippen LogP) is 3.51. The molecule has 0 aromatic rings. The van der Waals surface area contributed by atoms with Gasteiger partial charge in [0.05, 0.1) is 145 Å². The van der Waals surface area contributed by atoms with Gasteiger partial charge in [-0.3, -0.25) is 0 Å². The van der Waals surface area contributed by atoms with Crippen molar-refractivity contribution in [3.05, 3.63) is 0 Å². The van der Waals surface area contributed by atoms with Gasteiger partial charge in [0.1, 0.15) is 0 Å². The zero-order valence-electron chi connectivity index (χ0n) is 28.9. The van der Waals surface area contributed by atoms with E-state index in [1.165, 1.54) is 19.3 Å².